The second kappa shape index (κ2) is 6.29. The molecule has 0 atom stereocenters. The second-order valence-corrected chi connectivity index (χ2v) is 3.18. The molecule has 0 saturated carbocycles. The first-order chi connectivity index (χ1) is 8.01. The van der Waals surface area contributed by atoms with Gasteiger partial charge in [-0.3, -0.25) is 0 Å². The van der Waals surface area contributed by atoms with Gasteiger partial charge in [0.05, 0.1) is 25.6 Å². The SMILES string of the molecule is COc1ccc(NCCOCC(F)(F)F)cn1. The van der Waals surface area contributed by atoms with E-state index in [0.717, 1.165) is 0 Å². The summed E-state index contributed by atoms with van der Waals surface area (Å²) in [5.74, 6) is 0.476. The average molecular weight is 250 g/mol. The van der Waals surface area contributed by atoms with Crippen LogP contribution in [0.4, 0.5) is 18.9 Å². The first kappa shape index (κ1) is 13.6. The highest BCUT2D eigenvalue weighted by Gasteiger charge is 2.27. The van der Waals surface area contributed by atoms with Gasteiger partial charge >= 0.3 is 6.18 Å². The fourth-order valence-electron chi connectivity index (χ4n) is 1.06. The molecule has 0 aliphatic rings. The third-order valence-corrected chi connectivity index (χ3v) is 1.79. The molecule has 7 heteroatoms. The normalized spacial score (nSPS) is 11.3. The van der Waals surface area contributed by atoms with E-state index in [2.05, 4.69) is 15.0 Å². The third kappa shape index (κ3) is 5.96. The number of methoxy groups -OCH3 is 1. The lowest BCUT2D eigenvalue weighted by Crippen LogP contribution is -2.20. The Balaban J connectivity index is 2.18. The van der Waals surface area contributed by atoms with Gasteiger partial charge in [0, 0.05) is 12.6 Å². The summed E-state index contributed by atoms with van der Waals surface area (Å²) in [7, 11) is 1.50. The van der Waals surface area contributed by atoms with E-state index < -0.39 is 12.8 Å². The van der Waals surface area contributed by atoms with E-state index in [-0.39, 0.29) is 13.2 Å². The fraction of sp³-hybridized carbons (Fsp3) is 0.500. The molecule has 4 nitrogen and oxygen atoms in total. The molecule has 0 aliphatic carbocycles. The predicted octanol–water partition coefficient (Wildman–Crippen LogP) is 2.08. The molecule has 0 aliphatic heterocycles. The molecule has 0 amide bonds. The van der Waals surface area contributed by atoms with E-state index in [1.807, 2.05) is 0 Å². The topological polar surface area (TPSA) is 43.4 Å². The maximum absolute atomic E-state index is 11.7. The van der Waals surface area contributed by atoms with Crippen LogP contribution < -0.4 is 10.1 Å². The number of ether oxygens (including phenoxy) is 2. The molecule has 0 radical (unpaired) electrons. The first-order valence-corrected chi connectivity index (χ1v) is 4.89. The zero-order chi connectivity index (χ0) is 12.7. The third-order valence-electron chi connectivity index (χ3n) is 1.79. The minimum absolute atomic E-state index is 0.0223. The van der Waals surface area contributed by atoms with Crippen LogP contribution in [0, 0.1) is 0 Å². The van der Waals surface area contributed by atoms with Crippen molar-refractivity contribution in [3.63, 3.8) is 0 Å². The number of hydrogen-bond acceptors (Lipinski definition) is 4. The number of hydrogen-bond donors (Lipinski definition) is 1. The number of anilines is 1. The quantitative estimate of drug-likeness (QED) is 0.785. The molecule has 0 unspecified atom stereocenters. The number of halogens is 3. The summed E-state index contributed by atoms with van der Waals surface area (Å²) in [6.45, 7) is -0.967. The predicted molar refractivity (Wildman–Crippen MR) is 56.2 cm³/mol. The van der Waals surface area contributed by atoms with E-state index in [4.69, 9.17) is 4.74 Å². The summed E-state index contributed by atoms with van der Waals surface area (Å²) in [5.41, 5.74) is 0.696. The Morgan fingerprint density at radius 3 is 2.65 bits per heavy atom. The lowest BCUT2D eigenvalue weighted by atomic mass is 10.4. The minimum Gasteiger partial charge on any atom is -0.481 e. The monoisotopic (exact) mass is 250 g/mol. The molecule has 0 bridgehead atoms. The van der Waals surface area contributed by atoms with E-state index in [1.165, 1.54) is 13.3 Å². The molecule has 1 rings (SSSR count). The maximum atomic E-state index is 11.7. The van der Waals surface area contributed by atoms with Crippen molar-refractivity contribution in [2.24, 2.45) is 0 Å². The number of nitrogens with zero attached hydrogens (tertiary/aromatic N) is 1. The number of rotatable bonds is 6. The Labute approximate surface area is 96.7 Å². The van der Waals surface area contributed by atoms with Gasteiger partial charge in [-0.05, 0) is 6.07 Å². The van der Waals surface area contributed by atoms with E-state index in [9.17, 15) is 13.2 Å². The Morgan fingerprint density at radius 2 is 2.12 bits per heavy atom. The zero-order valence-electron chi connectivity index (χ0n) is 9.25. The Kier molecular flexibility index (Phi) is 5.02. The molecule has 0 saturated heterocycles. The van der Waals surface area contributed by atoms with Crippen LogP contribution in [0.3, 0.4) is 0 Å². The van der Waals surface area contributed by atoms with Gasteiger partial charge in [-0.25, -0.2) is 4.98 Å². The highest BCUT2D eigenvalue weighted by Crippen LogP contribution is 2.14. The Hall–Kier alpha value is -1.50. The van der Waals surface area contributed by atoms with Gasteiger partial charge in [0.25, 0.3) is 0 Å². The molecule has 0 aromatic carbocycles. The zero-order valence-corrected chi connectivity index (χ0v) is 9.25. The number of pyridine rings is 1. The van der Waals surface area contributed by atoms with Gasteiger partial charge in [0.2, 0.25) is 5.88 Å². The van der Waals surface area contributed by atoms with Crippen molar-refractivity contribution in [3.05, 3.63) is 18.3 Å². The summed E-state index contributed by atoms with van der Waals surface area (Å²) in [6.07, 6.45) is -2.75. The number of alkyl halides is 3. The lowest BCUT2D eigenvalue weighted by Gasteiger charge is -2.09. The standard InChI is InChI=1S/C10H13F3N2O2/c1-16-9-3-2-8(6-15-9)14-4-5-17-7-10(11,12)13/h2-3,6,14H,4-5,7H2,1H3. The minimum atomic E-state index is -4.28. The molecule has 17 heavy (non-hydrogen) atoms. The molecule has 0 spiro atoms. The highest BCUT2D eigenvalue weighted by molar-refractivity contribution is 5.41. The molecule has 1 aromatic heterocycles. The smallest absolute Gasteiger partial charge is 0.411 e. The van der Waals surface area contributed by atoms with Gasteiger partial charge < -0.3 is 14.8 Å². The Morgan fingerprint density at radius 1 is 1.35 bits per heavy atom. The van der Waals surface area contributed by atoms with Crippen molar-refractivity contribution in [1.29, 1.82) is 0 Å². The van der Waals surface area contributed by atoms with Gasteiger partial charge in [-0.15, -0.1) is 0 Å². The van der Waals surface area contributed by atoms with Crippen LogP contribution in [-0.4, -0.2) is 38.0 Å². The summed E-state index contributed by atoms with van der Waals surface area (Å²) in [6, 6.07) is 3.37. The second-order valence-electron chi connectivity index (χ2n) is 3.18. The summed E-state index contributed by atoms with van der Waals surface area (Å²) in [5, 5.41) is 2.87. The van der Waals surface area contributed by atoms with Crippen LogP contribution in [0.5, 0.6) is 5.88 Å². The molecule has 1 N–H and O–H groups in total. The van der Waals surface area contributed by atoms with E-state index in [1.54, 1.807) is 12.1 Å². The van der Waals surface area contributed by atoms with E-state index in [0.29, 0.717) is 11.6 Å². The van der Waals surface area contributed by atoms with Crippen molar-refractivity contribution in [3.8, 4) is 5.88 Å². The molecule has 0 fully saturated rings. The van der Waals surface area contributed by atoms with Gasteiger partial charge in [0.1, 0.15) is 6.61 Å². The molecular formula is C10H13F3N2O2. The van der Waals surface area contributed by atoms with Gasteiger partial charge in [-0.2, -0.15) is 13.2 Å². The van der Waals surface area contributed by atoms with Crippen LogP contribution in [-0.2, 0) is 4.74 Å². The van der Waals surface area contributed by atoms with Crippen molar-refractivity contribution < 1.29 is 22.6 Å². The first-order valence-electron chi connectivity index (χ1n) is 4.89. The number of aromatic nitrogens is 1. The van der Waals surface area contributed by atoms with Crippen molar-refractivity contribution >= 4 is 5.69 Å². The molecular weight excluding hydrogens is 237 g/mol. The summed E-state index contributed by atoms with van der Waals surface area (Å²) >= 11 is 0. The van der Waals surface area contributed by atoms with Crippen molar-refractivity contribution in [2.45, 2.75) is 6.18 Å². The lowest BCUT2D eigenvalue weighted by molar-refractivity contribution is -0.172. The van der Waals surface area contributed by atoms with Crippen LogP contribution in [0.15, 0.2) is 18.3 Å². The summed E-state index contributed by atoms with van der Waals surface area (Å²) < 4.78 is 44.5. The van der Waals surface area contributed by atoms with Crippen LogP contribution >= 0.6 is 0 Å². The van der Waals surface area contributed by atoms with E-state index >= 15 is 0 Å². The van der Waals surface area contributed by atoms with Crippen LogP contribution in [0.1, 0.15) is 0 Å². The number of nitrogens with one attached hydrogen (secondary N) is 1. The van der Waals surface area contributed by atoms with Crippen molar-refractivity contribution in [2.75, 3.05) is 32.2 Å². The van der Waals surface area contributed by atoms with Crippen LogP contribution in [0.25, 0.3) is 0 Å². The van der Waals surface area contributed by atoms with Crippen LogP contribution in [0.2, 0.25) is 0 Å². The fourth-order valence-corrected chi connectivity index (χ4v) is 1.06. The molecule has 1 aromatic rings. The van der Waals surface area contributed by atoms with Gasteiger partial charge in [-0.1, -0.05) is 0 Å². The molecule has 96 valence electrons. The molecule has 1 heterocycles. The van der Waals surface area contributed by atoms with Crippen molar-refractivity contribution in [1.82, 2.24) is 4.98 Å². The largest absolute Gasteiger partial charge is 0.481 e. The van der Waals surface area contributed by atoms with Gasteiger partial charge in [0.15, 0.2) is 0 Å². The highest BCUT2D eigenvalue weighted by atomic mass is 19.4. The Bertz CT molecular complexity index is 327. The average Bonchev–Trinajstić information content (AvgIpc) is 2.28. The maximum Gasteiger partial charge on any atom is 0.411 e. The summed E-state index contributed by atoms with van der Waals surface area (Å²) in [4.78, 5) is 3.93.